The molecule has 0 aliphatic heterocycles. The van der Waals surface area contributed by atoms with Gasteiger partial charge in [-0.1, -0.05) is 24.9 Å². The van der Waals surface area contributed by atoms with Crippen LogP contribution in [0.2, 0.25) is 5.02 Å². The molecular formula is C22H24ClN3O2. The second-order valence-corrected chi connectivity index (χ2v) is 7.07. The largest absolute Gasteiger partial charge is 0.495 e. The number of aryl methyl sites for hydroxylation is 1. The number of aromatic nitrogens is 2. The van der Waals surface area contributed by atoms with E-state index in [9.17, 15) is 4.79 Å². The van der Waals surface area contributed by atoms with Gasteiger partial charge in [-0.3, -0.25) is 4.79 Å². The summed E-state index contributed by atoms with van der Waals surface area (Å²) in [6.07, 6.45) is 2.10. The van der Waals surface area contributed by atoms with Gasteiger partial charge in [0, 0.05) is 16.9 Å². The summed E-state index contributed by atoms with van der Waals surface area (Å²) in [4.78, 5) is 12.5. The van der Waals surface area contributed by atoms with Gasteiger partial charge in [0.2, 0.25) is 0 Å². The standard InChI is InChI=1S/C22H24ClN3O2/c1-5-6-19-14(2)25-26(15(19)3)18-10-7-16(8-11-18)22(27)24-17-9-12-21(28-4)20(23)13-17/h7-13H,5-6H2,1-4H3,(H,24,27). The number of benzene rings is 2. The van der Waals surface area contributed by atoms with E-state index in [0.29, 0.717) is 22.0 Å². The quantitative estimate of drug-likeness (QED) is 0.609. The second kappa shape index (κ2) is 8.48. The highest BCUT2D eigenvalue weighted by molar-refractivity contribution is 6.32. The number of nitrogens with one attached hydrogen (secondary N) is 1. The van der Waals surface area contributed by atoms with E-state index in [2.05, 4.69) is 24.3 Å². The van der Waals surface area contributed by atoms with Gasteiger partial charge in [0.15, 0.2) is 0 Å². The Balaban J connectivity index is 1.78. The van der Waals surface area contributed by atoms with Crippen molar-refractivity contribution in [3.8, 4) is 11.4 Å². The SMILES string of the molecule is CCCc1c(C)nn(-c2ccc(C(=O)Nc3ccc(OC)c(Cl)c3)cc2)c1C. The van der Waals surface area contributed by atoms with Crippen molar-refractivity contribution in [2.24, 2.45) is 0 Å². The van der Waals surface area contributed by atoms with Crippen LogP contribution in [0.15, 0.2) is 42.5 Å². The van der Waals surface area contributed by atoms with Crippen LogP contribution in [0.3, 0.4) is 0 Å². The number of amides is 1. The average Bonchev–Trinajstić information content (AvgIpc) is 2.97. The Hall–Kier alpha value is -2.79. The molecule has 0 saturated carbocycles. The number of hydrogen-bond donors (Lipinski definition) is 1. The van der Waals surface area contributed by atoms with Crippen LogP contribution in [0.5, 0.6) is 5.75 Å². The first-order valence-electron chi connectivity index (χ1n) is 9.25. The van der Waals surface area contributed by atoms with Gasteiger partial charge in [0.05, 0.1) is 23.5 Å². The lowest BCUT2D eigenvalue weighted by molar-refractivity contribution is 0.102. The minimum absolute atomic E-state index is 0.201. The van der Waals surface area contributed by atoms with Gasteiger partial charge in [-0.05, 0) is 68.3 Å². The Kier molecular flexibility index (Phi) is 6.05. The van der Waals surface area contributed by atoms with E-state index in [4.69, 9.17) is 16.3 Å². The van der Waals surface area contributed by atoms with Crippen molar-refractivity contribution in [1.29, 1.82) is 0 Å². The summed E-state index contributed by atoms with van der Waals surface area (Å²) in [5.41, 5.74) is 5.60. The van der Waals surface area contributed by atoms with Gasteiger partial charge in [0.1, 0.15) is 5.75 Å². The first-order valence-corrected chi connectivity index (χ1v) is 9.62. The van der Waals surface area contributed by atoms with E-state index >= 15 is 0 Å². The van der Waals surface area contributed by atoms with Gasteiger partial charge in [-0.25, -0.2) is 4.68 Å². The first kappa shape index (κ1) is 20.0. The van der Waals surface area contributed by atoms with E-state index in [-0.39, 0.29) is 5.91 Å². The Morgan fingerprint density at radius 1 is 1.18 bits per heavy atom. The molecule has 3 rings (SSSR count). The Morgan fingerprint density at radius 3 is 2.50 bits per heavy atom. The lowest BCUT2D eigenvalue weighted by Gasteiger charge is -2.09. The Bertz CT molecular complexity index is 994. The first-order chi connectivity index (χ1) is 13.4. The minimum atomic E-state index is -0.201. The maximum absolute atomic E-state index is 12.5. The topological polar surface area (TPSA) is 56.2 Å². The predicted octanol–water partition coefficient (Wildman–Crippen LogP) is 5.36. The third kappa shape index (κ3) is 4.04. The van der Waals surface area contributed by atoms with Crippen molar-refractivity contribution in [1.82, 2.24) is 9.78 Å². The van der Waals surface area contributed by atoms with Crippen molar-refractivity contribution in [2.45, 2.75) is 33.6 Å². The number of hydrogen-bond acceptors (Lipinski definition) is 3. The molecule has 1 amide bonds. The van der Waals surface area contributed by atoms with Crippen LogP contribution in [0.1, 0.15) is 40.7 Å². The number of rotatable bonds is 6. The molecule has 0 unspecified atom stereocenters. The number of methoxy groups -OCH3 is 1. The molecule has 0 bridgehead atoms. The van der Waals surface area contributed by atoms with Crippen LogP contribution in [0, 0.1) is 13.8 Å². The van der Waals surface area contributed by atoms with Crippen molar-refractivity contribution in [2.75, 3.05) is 12.4 Å². The van der Waals surface area contributed by atoms with Gasteiger partial charge >= 0.3 is 0 Å². The molecule has 0 aliphatic carbocycles. The molecule has 5 nitrogen and oxygen atoms in total. The summed E-state index contributed by atoms with van der Waals surface area (Å²) >= 11 is 6.11. The third-order valence-electron chi connectivity index (χ3n) is 4.72. The zero-order valence-corrected chi connectivity index (χ0v) is 17.3. The maximum Gasteiger partial charge on any atom is 0.255 e. The zero-order valence-electron chi connectivity index (χ0n) is 16.5. The summed E-state index contributed by atoms with van der Waals surface area (Å²) in [5, 5.41) is 7.95. The van der Waals surface area contributed by atoms with Crippen LogP contribution in [0.4, 0.5) is 5.69 Å². The van der Waals surface area contributed by atoms with Gasteiger partial charge in [-0.15, -0.1) is 0 Å². The lowest BCUT2D eigenvalue weighted by Crippen LogP contribution is -2.12. The highest BCUT2D eigenvalue weighted by Gasteiger charge is 2.13. The highest BCUT2D eigenvalue weighted by Crippen LogP contribution is 2.27. The highest BCUT2D eigenvalue weighted by atomic mass is 35.5. The third-order valence-corrected chi connectivity index (χ3v) is 5.02. The molecule has 0 aliphatic rings. The van der Waals surface area contributed by atoms with Gasteiger partial charge in [-0.2, -0.15) is 5.10 Å². The fourth-order valence-corrected chi connectivity index (χ4v) is 3.50. The van der Waals surface area contributed by atoms with Gasteiger partial charge < -0.3 is 10.1 Å². The van der Waals surface area contributed by atoms with Crippen LogP contribution in [-0.4, -0.2) is 22.8 Å². The molecular weight excluding hydrogens is 374 g/mol. The minimum Gasteiger partial charge on any atom is -0.495 e. The van der Waals surface area contributed by atoms with Crippen molar-refractivity contribution in [3.63, 3.8) is 0 Å². The number of carbonyl (C=O) groups excluding carboxylic acids is 1. The summed E-state index contributed by atoms with van der Waals surface area (Å²) in [6, 6.07) is 12.5. The monoisotopic (exact) mass is 397 g/mol. The zero-order chi connectivity index (χ0) is 20.3. The number of halogens is 1. The van der Waals surface area contributed by atoms with Crippen LogP contribution in [0.25, 0.3) is 5.69 Å². The molecule has 2 aromatic carbocycles. The maximum atomic E-state index is 12.5. The van der Waals surface area contributed by atoms with Crippen molar-refractivity contribution in [3.05, 3.63) is 70.0 Å². The number of anilines is 1. The van der Waals surface area contributed by atoms with Crippen molar-refractivity contribution >= 4 is 23.2 Å². The normalized spacial score (nSPS) is 10.8. The molecule has 1 aromatic heterocycles. The molecule has 1 N–H and O–H groups in total. The fourth-order valence-electron chi connectivity index (χ4n) is 3.24. The Labute approximate surface area is 170 Å². The van der Waals surface area contributed by atoms with Crippen LogP contribution in [-0.2, 0) is 6.42 Å². The average molecular weight is 398 g/mol. The smallest absolute Gasteiger partial charge is 0.255 e. The summed E-state index contributed by atoms with van der Waals surface area (Å²) in [5.74, 6) is 0.365. The molecule has 146 valence electrons. The van der Waals surface area contributed by atoms with Crippen LogP contribution >= 0.6 is 11.6 Å². The summed E-state index contributed by atoms with van der Waals surface area (Å²) in [6.45, 7) is 6.29. The number of carbonyl (C=O) groups is 1. The number of nitrogens with zero attached hydrogens (tertiary/aromatic N) is 2. The van der Waals surface area contributed by atoms with Crippen LogP contribution < -0.4 is 10.1 Å². The lowest BCUT2D eigenvalue weighted by atomic mass is 10.1. The molecule has 1 heterocycles. The summed E-state index contributed by atoms with van der Waals surface area (Å²) in [7, 11) is 1.55. The molecule has 0 fully saturated rings. The predicted molar refractivity (Wildman–Crippen MR) is 113 cm³/mol. The molecule has 28 heavy (non-hydrogen) atoms. The molecule has 3 aromatic rings. The summed E-state index contributed by atoms with van der Waals surface area (Å²) < 4.78 is 7.06. The molecule has 0 saturated heterocycles. The molecule has 0 radical (unpaired) electrons. The van der Waals surface area contributed by atoms with E-state index in [1.807, 2.05) is 23.7 Å². The molecule has 0 atom stereocenters. The molecule has 0 spiro atoms. The molecule has 6 heteroatoms. The van der Waals surface area contributed by atoms with E-state index in [1.54, 1.807) is 37.4 Å². The van der Waals surface area contributed by atoms with E-state index in [1.165, 1.54) is 5.56 Å². The number of ether oxygens (including phenoxy) is 1. The fraction of sp³-hybridized carbons (Fsp3) is 0.273. The second-order valence-electron chi connectivity index (χ2n) is 6.66. The van der Waals surface area contributed by atoms with Gasteiger partial charge in [0.25, 0.3) is 5.91 Å². The Morgan fingerprint density at radius 2 is 1.89 bits per heavy atom. The van der Waals surface area contributed by atoms with E-state index < -0.39 is 0 Å². The van der Waals surface area contributed by atoms with Crippen molar-refractivity contribution < 1.29 is 9.53 Å². The van der Waals surface area contributed by atoms with E-state index in [0.717, 1.165) is 29.9 Å².